The molecule has 0 radical (unpaired) electrons. The van der Waals surface area contributed by atoms with Crippen LogP contribution in [0.15, 0.2) is 18.2 Å². The van der Waals surface area contributed by atoms with Crippen LogP contribution in [-0.4, -0.2) is 45.8 Å². The lowest BCUT2D eigenvalue weighted by Crippen LogP contribution is -2.50. The van der Waals surface area contributed by atoms with Crippen molar-refractivity contribution in [3.05, 3.63) is 34.6 Å². The summed E-state index contributed by atoms with van der Waals surface area (Å²) in [4.78, 5) is 41.1. The molecule has 1 saturated heterocycles. The van der Waals surface area contributed by atoms with Crippen LogP contribution in [0.1, 0.15) is 51.0 Å². The molecule has 6 nitrogen and oxygen atoms in total. The third kappa shape index (κ3) is 3.84. The van der Waals surface area contributed by atoms with Gasteiger partial charge in [-0.15, -0.1) is 0 Å². The molecule has 1 spiro atoms. The normalized spacial score (nSPS) is 26.7. The van der Waals surface area contributed by atoms with E-state index in [1.165, 1.54) is 12.1 Å². The van der Waals surface area contributed by atoms with Gasteiger partial charge in [-0.1, -0.05) is 24.6 Å². The number of rotatable bonds is 5. The fourth-order valence-corrected chi connectivity index (χ4v) is 4.52. The van der Waals surface area contributed by atoms with E-state index in [4.69, 9.17) is 11.6 Å². The molecule has 4 amide bonds. The van der Waals surface area contributed by atoms with Gasteiger partial charge in [0.2, 0.25) is 5.91 Å². The third-order valence-electron chi connectivity index (χ3n) is 6.37. The van der Waals surface area contributed by atoms with Gasteiger partial charge in [0.15, 0.2) is 0 Å². The zero-order valence-corrected chi connectivity index (χ0v) is 17.2. The SMILES string of the molecule is CC1CCC2(CC1)NC(=O)N(CC(=O)N(Cc1c(F)cccc1Cl)C1CC1)C2=O. The quantitative estimate of drug-likeness (QED) is 0.740. The van der Waals surface area contributed by atoms with E-state index in [-0.39, 0.29) is 41.5 Å². The smallest absolute Gasteiger partial charge is 0.325 e. The second-order valence-corrected chi connectivity index (χ2v) is 8.95. The fourth-order valence-electron chi connectivity index (χ4n) is 4.30. The molecular formula is C21H25ClFN3O3. The van der Waals surface area contributed by atoms with Crippen molar-refractivity contribution in [2.24, 2.45) is 5.92 Å². The minimum atomic E-state index is -0.872. The summed E-state index contributed by atoms with van der Waals surface area (Å²) < 4.78 is 14.2. The van der Waals surface area contributed by atoms with E-state index in [1.54, 1.807) is 11.0 Å². The number of hydrogen-bond donors (Lipinski definition) is 1. The molecule has 1 heterocycles. The van der Waals surface area contributed by atoms with Crippen molar-refractivity contribution in [1.29, 1.82) is 0 Å². The number of carbonyl (C=O) groups excluding carboxylic acids is 3. The monoisotopic (exact) mass is 421 g/mol. The van der Waals surface area contributed by atoms with E-state index in [0.717, 1.165) is 30.6 Å². The summed E-state index contributed by atoms with van der Waals surface area (Å²) in [5.74, 6) is -0.628. The van der Waals surface area contributed by atoms with Crippen molar-refractivity contribution >= 4 is 29.4 Å². The summed E-state index contributed by atoms with van der Waals surface area (Å²) in [6.07, 6.45) is 4.57. The standard InChI is InChI=1S/C21H25ClFN3O3/c1-13-7-9-21(10-8-13)19(28)26(20(29)24-21)12-18(27)25(14-5-6-14)11-15-16(22)3-2-4-17(15)23/h2-4,13-14H,5-12H2,1H3,(H,24,29). The van der Waals surface area contributed by atoms with E-state index < -0.39 is 17.4 Å². The summed E-state index contributed by atoms with van der Waals surface area (Å²) in [5, 5.41) is 3.09. The van der Waals surface area contributed by atoms with Gasteiger partial charge in [-0.05, 0) is 56.6 Å². The summed E-state index contributed by atoms with van der Waals surface area (Å²) in [7, 11) is 0. The highest BCUT2D eigenvalue weighted by Crippen LogP contribution is 2.37. The molecule has 2 saturated carbocycles. The number of hydrogen-bond acceptors (Lipinski definition) is 3. The van der Waals surface area contributed by atoms with Crippen molar-refractivity contribution < 1.29 is 18.8 Å². The molecule has 3 fully saturated rings. The first-order valence-corrected chi connectivity index (χ1v) is 10.5. The summed E-state index contributed by atoms with van der Waals surface area (Å²) in [6, 6.07) is 3.88. The predicted octanol–water partition coefficient (Wildman–Crippen LogP) is 3.47. The molecule has 4 rings (SSSR count). The number of nitrogens with zero attached hydrogens (tertiary/aromatic N) is 2. The van der Waals surface area contributed by atoms with Crippen LogP contribution in [0, 0.1) is 11.7 Å². The van der Waals surface area contributed by atoms with Gasteiger partial charge in [0.1, 0.15) is 17.9 Å². The van der Waals surface area contributed by atoms with Gasteiger partial charge in [-0.25, -0.2) is 9.18 Å². The van der Waals surface area contributed by atoms with Crippen LogP contribution in [0.25, 0.3) is 0 Å². The number of urea groups is 1. The Hall–Kier alpha value is -2.15. The average Bonchev–Trinajstić information content (AvgIpc) is 3.49. The number of benzene rings is 1. The lowest BCUT2D eigenvalue weighted by molar-refractivity contribution is -0.140. The van der Waals surface area contributed by atoms with E-state index >= 15 is 0 Å². The van der Waals surface area contributed by atoms with E-state index in [9.17, 15) is 18.8 Å². The fraction of sp³-hybridized carbons (Fsp3) is 0.571. The van der Waals surface area contributed by atoms with Gasteiger partial charge in [-0.2, -0.15) is 0 Å². The number of carbonyl (C=O) groups is 3. The molecule has 156 valence electrons. The van der Waals surface area contributed by atoms with Crippen LogP contribution in [0.4, 0.5) is 9.18 Å². The highest BCUT2D eigenvalue weighted by atomic mass is 35.5. The first-order valence-electron chi connectivity index (χ1n) is 10.2. The first kappa shape index (κ1) is 20.1. The molecule has 2 aliphatic carbocycles. The molecule has 0 atom stereocenters. The van der Waals surface area contributed by atoms with E-state index in [2.05, 4.69) is 12.2 Å². The molecule has 8 heteroatoms. The maximum absolute atomic E-state index is 14.2. The Morgan fingerprint density at radius 1 is 1.28 bits per heavy atom. The van der Waals surface area contributed by atoms with Crippen molar-refractivity contribution in [2.45, 2.75) is 63.6 Å². The number of amides is 4. The summed E-state index contributed by atoms with van der Waals surface area (Å²) >= 11 is 6.12. The minimum Gasteiger partial charge on any atom is -0.334 e. The van der Waals surface area contributed by atoms with Crippen LogP contribution in [0.2, 0.25) is 5.02 Å². The number of halogens is 2. The molecule has 0 unspecified atom stereocenters. The predicted molar refractivity (Wildman–Crippen MR) is 106 cm³/mol. The molecule has 0 bridgehead atoms. The Labute approximate surface area is 174 Å². The molecule has 1 N–H and O–H groups in total. The van der Waals surface area contributed by atoms with E-state index in [0.29, 0.717) is 18.8 Å². The topological polar surface area (TPSA) is 69.7 Å². The lowest BCUT2D eigenvalue weighted by Gasteiger charge is -2.33. The second-order valence-electron chi connectivity index (χ2n) is 8.54. The molecular weight excluding hydrogens is 397 g/mol. The van der Waals surface area contributed by atoms with Gasteiger partial charge in [0, 0.05) is 16.6 Å². The Kier molecular flexibility index (Phi) is 5.27. The van der Waals surface area contributed by atoms with Crippen molar-refractivity contribution in [1.82, 2.24) is 15.1 Å². The molecule has 1 aliphatic heterocycles. The molecule has 1 aromatic rings. The van der Waals surface area contributed by atoms with E-state index in [1.807, 2.05) is 0 Å². The number of nitrogens with one attached hydrogen (secondary N) is 1. The van der Waals surface area contributed by atoms with Crippen molar-refractivity contribution in [2.75, 3.05) is 6.54 Å². The second kappa shape index (κ2) is 7.59. The highest BCUT2D eigenvalue weighted by molar-refractivity contribution is 6.31. The third-order valence-corrected chi connectivity index (χ3v) is 6.72. The van der Waals surface area contributed by atoms with Crippen molar-refractivity contribution in [3.8, 4) is 0 Å². The molecule has 0 aromatic heterocycles. The largest absolute Gasteiger partial charge is 0.334 e. The van der Waals surface area contributed by atoms with Crippen LogP contribution < -0.4 is 5.32 Å². The zero-order valence-electron chi connectivity index (χ0n) is 16.4. The highest BCUT2D eigenvalue weighted by Gasteiger charge is 2.52. The van der Waals surface area contributed by atoms with Crippen LogP contribution in [-0.2, 0) is 16.1 Å². The summed E-state index contributed by atoms with van der Waals surface area (Å²) in [5.41, 5.74) is -0.618. The van der Waals surface area contributed by atoms with Gasteiger partial charge in [0.05, 0.1) is 6.54 Å². The summed E-state index contributed by atoms with van der Waals surface area (Å²) in [6.45, 7) is 1.84. The van der Waals surface area contributed by atoms with Gasteiger partial charge in [0.25, 0.3) is 5.91 Å². The molecule has 1 aromatic carbocycles. The average molecular weight is 422 g/mol. The maximum atomic E-state index is 14.2. The first-order chi connectivity index (χ1) is 13.8. The Morgan fingerprint density at radius 3 is 2.59 bits per heavy atom. The van der Waals surface area contributed by atoms with Gasteiger partial charge in [-0.3, -0.25) is 14.5 Å². The minimum absolute atomic E-state index is 0.0107. The maximum Gasteiger partial charge on any atom is 0.325 e. The Bertz CT molecular complexity index is 829. The van der Waals surface area contributed by atoms with Crippen LogP contribution >= 0.6 is 11.6 Å². The molecule has 29 heavy (non-hydrogen) atoms. The van der Waals surface area contributed by atoms with Gasteiger partial charge < -0.3 is 10.2 Å². The number of imide groups is 1. The van der Waals surface area contributed by atoms with Gasteiger partial charge >= 0.3 is 6.03 Å². The Morgan fingerprint density at radius 2 is 1.97 bits per heavy atom. The zero-order chi connectivity index (χ0) is 20.8. The molecule has 3 aliphatic rings. The van der Waals surface area contributed by atoms with Crippen LogP contribution in [0.5, 0.6) is 0 Å². The lowest BCUT2D eigenvalue weighted by atomic mass is 9.77. The van der Waals surface area contributed by atoms with Crippen molar-refractivity contribution in [3.63, 3.8) is 0 Å². The Balaban J connectivity index is 1.48. The van der Waals surface area contributed by atoms with Crippen LogP contribution in [0.3, 0.4) is 0 Å².